The van der Waals surface area contributed by atoms with Crippen molar-refractivity contribution in [3.63, 3.8) is 0 Å². The van der Waals surface area contributed by atoms with Gasteiger partial charge in [-0.2, -0.15) is 5.10 Å². The van der Waals surface area contributed by atoms with E-state index in [4.69, 9.17) is 25.8 Å². The quantitative estimate of drug-likeness (QED) is 0.177. The first kappa shape index (κ1) is 31.1. The number of nitrogens with one attached hydrogen (secondary N) is 1. The van der Waals surface area contributed by atoms with Gasteiger partial charge in [0.05, 0.1) is 29.5 Å². The van der Waals surface area contributed by atoms with Crippen molar-refractivity contribution in [3.8, 4) is 16.9 Å². The molecule has 0 aliphatic heterocycles. The monoisotopic (exact) mass is 680 g/mol. The van der Waals surface area contributed by atoms with Crippen LogP contribution in [0.15, 0.2) is 88.2 Å². The van der Waals surface area contributed by atoms with Gasteiger partial charge < -0.3 is 14.4 Å². The molecule has 0 fully saturated rings. The summed E-state index contributed by atoms with van der Waals surface area (Å²) in [5, 5.41) is 13.0. The lowest BCUT2D eigenvalue weighted by Crippen LogP contribution is -2.30. The van der Waals surface area contributed by atoms with Crippen LogP contribution in [0.2, 0.25) is 5.02 Å². The molecule has 0 spiro atoms. The van der Waals surface area contributed by atoms with E-state index in [0.29, 0.717) is 27.5 Å². The van der Waals surface area contributed by atoms with Gasteiger partial charge in [-0.1, -0.05) is 51.8 Å². The lowest BCUT2D eigenvalue weighted by atomic mass is 10.1. The molecule has 0 bridgehead atoms. The lowest BCUT2D eigenvalue weighted by molar-refractivity contribution is 0.0931. The normalized spacial score (nSPS) is 12.7. The number of nitrogens with two attached hydrogens (primary N) is 1. The largest absolute Gasteiger partial charge is 0.357 e. The van der Waals surface area contributed by atoms with Crippen molar-refractivity contribution < 1.29 is 26.8 Å². The lowest BCUT2D eigenvalue weighted by Gasteiger charge is -2.27. The van der Waals surface area contributed by atoms with Crippen molar-refractivity contribution in [1.82, 2.24) is 15.1 Å². The van der Waals surface area contributed by atoms with E-state index in [9.17, 15) is 17.8 Å². The molecule has 41 heavy (non-hydrogen) atoms. The molecule has 3 aromatic carbocycles. The number of hydrogen-bond donors (Lipinski definition) is 2. The molecule has 14 heteroatoms. The van der Waals surface area contributed by atoms with Crippen LogP contribution in [0.1, 0.15) is 35.7 Å². The van der Waals surface area contributed by atoms with Gasteiger partial charge in [-0.15, -0.1) is 0 Å². The number of carbonyl (C=O) groups excluding carboxylic acids is 1. The summed E-state index contributed by atoms with van der Waals surface area (Å²) in [6.45, 7) is 3.57. The van der Waals surface area contributed by atoms with Crippen LogP contribution < -0.4 is 10.5 Å². The molecule has 10 nitrogen and oxygen atoms in total. The average molecular weight is 682 g/mol. The molecule has 1 aromatic heterocycles. The highest BCUT2D eigenvalue weighted by Crippen LogP contribution is 2.59. The highest BCUT2D eigenvalue weighted by molar-refractivity contribution is 9.10. The number of primary sulfonamides is 1. The summed E-state index contributed by atoms with van der Waals surface area (Å²) in [4.78, 5) is 13.6. The van der Waals surface area contributed by atoms with Gasteiger partial charge in [0.25, 0.3) is 5.91 Å². The molecule has 1 heterocycles. The Labute approximate surface area is 251 Å². The summed E-state index contributed by atoms with van der Waals surface area (Å²) in [5.74, 6) is -1.77. The van der Waals surface area contributed by atoms with E-state index in [2.05, 4.69) is 26.3 Å². The smallest absolute Gasteiger partial charge is 0.333 e. The van der Waals surface area contributed by atoms with E-state index in [1.54, 1.807) is 68.4 Å². The third kappa shape index (κ3) is 7.34. The fourth-order valence-corrected chi connectivity index (χ4v) is 6.93. The number of sulfonamides is 1. The van der Waals surface area contributed by atoms with E-state index in [-0.39, 0.29) is 23.8 Å². The summed E-state index contributed by atoms with van der Waals surface area (Å²) < 4.78 is 50.8. The molecule has 0 saturated heterocycles. The zero-order valence-corrected chi connectivity index (χ0v) is 26.1. The van der Waals surface area contributed by atoms with Gasteiger partial charge in [0, 0.05) is 15.1 Å². The maximum atomic E-state index is 13.9. The molecule has 0 aliphatic carbocycles. The van der Waals surface area contributed by atoms with Gasteiger partial charge in [0.15, 0.2) is 11.5 Å². The third-order valence-electron chi connectivity index (χ3n) is 5.86. The predicted molar refractivity (Wildman–Crippen MR) is 161 cm³/mol. The van der Waals surface area contributed by atoms with Crippen molar-refractivity contribution in [1.29, 1.82) is 0 Å². The number of halogens is 2. The minimum Gasteiger partial charge on any atom is -0.333 e. The van der Waals surface area contributed by atoms with Crippen molar-refractivity contribution in [3.05, 3.63) is 99.6 Å². The maximum absolute atomic E-state index is 13.9. The number of hydrogen-bond acceptors (Lipinski definition) is 7. The van der Waals surface area contributed by atoms with E-state index in [1.165, 1.54) is 28.9 Å². The Morgan fingerprint density at radius 3 is 2.24 bits per heavy atom. The molecule has 0 saturated carbocycles. The number of carbonyl (C=O) groups is 1. The van der Waals surface area contributed by atoms with Crippen LogP contribution >= 0.6 is 35.1 Å². The minimum atomic E-state index is -3.91. The van der Waals surface area contributed by atoms with Crippen LogP contribution in [0.5, 0.6) is 0 Å². The molecule has 216 valence electrons. The fraction of sp³-hybridized carbons (Fsp3) is 0.185. The molecule has 1 atom stereocenters. The van der Waals surface area contributed by atoms with Crippen LogP contribution in [-0.4, -0.2) is 37.3 Å². The summed E-state index contributed by atoms with van der Waals surface area (Å²) in [5.41, 5.74) is 2.12. The number of nitrogens with zero attached hydrogens (tertiary/aromatic N) is 2. The van der Waals surface area contributed by atoms with Crippen LogP contribution in [-0.2, 0) is 23.6 Å². The zero-order chi connectivity index (χ0) is 29.8. The second-order valence-corrected chi connectivity index (χ2v) is 13.7. The summed E-state index contributed by atoms with van der Waals surface area (Å²) in [6, 6.07) is 21.2. The number of amides is 1. The summed E-state index contributed by atoms with van der Waals surface area (Å²) in [7, 11) is -7.77. The van der Waals surface area contributed by atoms with Gasteiger partial charge in [0.1, 0.15) is 0 Å². The van der Waals surface area contributed by atoms with Gasteiger partial charge in [0.2, 0.25) is 10.0 Å². The molecule has 4 aromatic rings. The Morgan fingerprint density at radius 1 is 1.05 bits per heavy atom. The minimum absolute atomic E-state index is 0.00263. The van der Waals surface area contributed by atoms with Crippen molar-refractivity contribution in [2.75, 3.05) is 13.2 Å². The van der Waals surface area contributed by atoms with Gasteiger partial charge in [-0.25, -0.2) is 18.2 Å². The van der Waals surface area contributed by atoms with E-state index in [0.717, 1.165) is 4.47 Å². The van der Waals surface area contributed by atoms with E-state index >= 15 is 0 Å². The van der Waals surface area contributed by atoms with Crippen molar-refractivity contribution >= 4 is 51.1 Å². The second-order valence-electron chi connectivity index (χ2n) is 8.68. The van der Waals surface area contributed by atoms with Gasteiger partial charge in [-0.3, -0.25) is 9.36 Å². The zero-order valence-electron chi connectivity index (χ0n) is 22.0. The number of aromatic nitrogens is 2. The first-order valence-electron chi connectivity index (χ1n) is 12.4. The Kier molecular flexibility index (Phi) is 9.86. The van der Waals surface area contributed by atoms with E-state index < -0.39 is 29.3 Å². The SMILES string of the molecule is CCOP(=O)(OCC)C(NC(=O)c1cc(-c2cccc(Cl)c2)n(-c2ccc(S(N)(=O)=O)cc2)n1)c1ccc(Br)cc1. The molecular formula is C27H27BrClN4O6PS. The van der Waals surface area contributed by atoms with Crippen LogP contribution in [0, 0.1) is 0 Å². The Bertz CT molecular complexity index is 1690. The van der Waals surface area contributed by atoms with Crippen molar-refractivity contribution in [2.45, 2.75) is 24.5 Å². The third-order valence-corrected chi connectivity index (χ3v) is 9.85. The number of rotatable bonds is 11. The molecule has 4 rings (SSSR count). The van der Waals surface area contributed by atoms with Gasteiger partial charge >= 0.3 is 7.60 Å². The van der Waals surface area contributed by atoms with E-state index in [1.807, 2.05) is 0 Å². The first-order chi connectivity index (χ1) is 19.4. The molecular weight excluding hydrogens is 655 g/mol. The molecule has 1 amide bonds. The van der Waals surface area contributed by atoms with Crippen molar-refractivity contribution in [2.24, 2.45) is 5.14 Å². The van der Waals surface area contributed by atoms with Gasteiger partial charge in [-0.05, 0) is 74.0 Å². The first-order valence-corrected chi connectivity index (χ1v) is 16.7. The topological polar surface area (TPSA) is 143 Å². The maximum Gasteiger partial charge on any atom is 0.357 e. The second kappa shape index (κ2) is 13.0. The Hall–Kier alpha value is -2.83. The Morgan fingerprint density at radius 2 is 1.68 bits per heavy atom. The van der Waals surface area contributed by atoms with Crippen LogP contribution in [0.4, 0.5) is 0 Å². The summed E-state index contributed by atoms with van der Waals surface area (Å²) >= 11 is 9.63. The predicted octanol–water partition coefficient (Wildman–Crippen LogP) is 6.30. The number of benzene rings is 3. The Balaban J connectivity index is 1.79. The fourth-order valence-electron chi connectivity index (χ4n) is 4.05. The highest BCUT2D eigenvalue weighted by Gasteiger charge is 2.39. The molecule has 3 N–H and O–H groups in total. The highest BCUT2D eigenvalue weighted by atomic mass is 79.9. The molecule has 0 aliphatic rings. The standard InChI is InChI=1S/C27H27BrClN4O6PS/c1-3-38-40(35,39-4-2)27(18-8-10-20(28)11-9-18)31-26(34)24-17-25(19-6-5-7-21(29)16-19)33(32-24)22-12-14-23(15-13-22)41(30,36)37/h5-17,27H,3-4H2,1-2H3,(H,31,34)(H2,30,36,37). The summed E-state index contributed by atoms with van der Waals surface area (Å²) in [6.07, 6.45) is 0. The molecule has 0 radical (unpaired) electrons. The molecule has 1 unspecified atom stereocenters. The van der Waals surface area contributed by atoms with Crippen LogP contribution in [0.25, 0.3) is 16.9 Å². The average Bonchev–Trinajstić information content (AvgIpc) is 3.38. The van der Waals surface area contributed by atoms with Crippen LogP contribution in [0.3, 0.4) is 0 Å².